The molecule has 0 saturated heterocycles. The standard InChI is InChI=1S/C31H42N4O4S2/c1-4-6-13-31(14-7-5-2)20-35(25-11-9-8-10-12-25)27-17-28(40-3)23(15-29(27)41(38,39)21-31)18-33-26(30(36)37)16-24-19-32-22-34-24/h8-12,15,17,19,22,26,33H,4-7,13-14,16,18,20-21H2,1-3H3,(H,32,34)(H,36,37). The largest absolute Gasteiger partial charge is 0.480 e. The van der Waals surface area contributed by atoms with E-state index in [1.165, 1.54) is 6.33 Å². The van der Waals surface area contributed by atoms with Crippen LogP contribution in [0.1, 0.15) is 63.6 Å². The van der Waals surface area contributed by atoms with Crippen molar-refractivity contribution in [2.75, 3.05) is 23.5 Å². The summed E-state index contributed by atoms with van der Waals surface area (Å²) in [4.78, 5) is 22.4. The van der Waals surface area contributed by atoms with Crippen LogP contribution in [-0.2, 0) is 27.6 Å². The van der Waals surface area contributed by atoms with E-state index in [-0.39, 0.29) is 24.1 Å². The number of carboxylic acid groups (broad SMARTS) is 1. The predicted octanol–water partition coefficient (Wildman–Crippen LogP) is 6.21. The number of sulfone groups is 1. The predicted molar refractivity (Wildman–Crippen MR) is 166 cm³/mol. The lowest BCUT2D eigenvalue weighted by Crippen LogP contribution is -2.38. The number of hydrogen-bond acceptors (Lipinski definition) is 7. The maximum absolute atomic E-state index is 14.3. The Balaban J connectivity index is 1.78. The van der Waals surface area contributed by atoms with E-state index in [1.807, 2.05) is 42.7 Å². The third-order valence-corrected chi connectivity index (χ3v) is 10.8. The number of aliphatic carboxylic acids is 1. The first-order chi connectivity index (χ1) is 19.7. The molecule has 1 aliphatic heterocycles. The molecule has 0 spiro atoms. The summed E-state index contributed by atoms with van der Waals surface area (Å²) in [5.74, 6) is -0.862. The number of nitrogens with one attached hydrogen (secondary N) is 2. The highest BCUT2D eigenvalue weighted by molar-refractivity contribution is 7.98. The van der Waals surface area contributed by atoms with Crippen molar-refractivity contribution in [3.63, 3.8) is 0 Å². The number of thioether (sulfide) groups is 1. The number of aromatic amines is 1. The number of unbranched alkanes of at least 4 members (excludes halogenated alkanes) is 2. The number of fused-ring (bicyclic) bond motifs is 1. The Morgan fingerprint density at radius 2 is 1.88 bits per heavy atom. The highest BCUT2D eigenvalue weighted by Gasteiger charge is 2.42. The van der Waals surface area contributed by atoms with Crippen LogP contribution in [0.5, 0.6) is 0 Å². The molecule has 4 rings (SSSR count). The van der Waals surface area contributed by atoms with Crippen LogP contribution >= 0.6 is 11.8 Å². The molecule has 1 aromatic heterocycles. The molecule has 2 aromatic carbocycles. The lowest BCUT2D eigenvalue weighted by atomic mass is 9.79. The van der Waals surface area contributed by atoms with Crippen molar-refractivity contribution in [3.05, 3.63) is 66.2 Å². The molecular weight excluding hydrogens is 556 g/mol. The van der Waals surface area contributed by atoms with E-state index < -0.39 is 21.8 Å². The molecule has 1 unspecified atom stereocenters. The minimum atomic E-state index is -3.64. The van der Waals surface area contributed by atoms with Gasteiger partial charge in [-0.3, -0.25) is 10.1 Å². The normalized spacial score (nSPS) is 16.6. The van der Waals surface area contributed by atoms with Gasteiger partial charge in [0.15, 0.2) is 9.84 Å². The number of benzene rings is 2. The number of carboxylic acids is 1. The molecular formula is C31H42N4O4S2. The monoisotopic (exact) mass is 598 g/mol. The quantitative estimate of drug-likeness (QED) is 0.188. The van der Waals surface area contributed by atoms with Crippen molar-refractivity contribution >= 4 is 38.9 Å². The van der Waals surface area contributed by atoms with Gasteiger partial charge in [-0.05, 0) is 48.9 Å². The first-order valence-corrected chi connectivity index (χ1v) is 17.3. The van der Waals surface area contributed by atoms with Gasteiger partial charge in [-0.15, -0.1) is 11.8 Å². The minimum absolute atomic E-state index is 0.111. The van der Waals surface area contributed by atoms with Gasteiger partial charge in [0, 0.05) is 47.4 Å². The number of rotatable bonds is 14. The smallest absolute Gasteiger partial charge is 0.321 e. The maximum atomic E-state index is 14.3. The van der Waals surface area contributed by atoms with E-state index in [2.05, 4.69) is 34.0 Å². The summed E-state index contributed by atoms with van der Waals surface area (Å²) in [5, 5.41) is 13.0. The molecule has 41 heavy (non-hydrogen) atoms. The number of hydrogen-bond donors (Lipinski definition) is 3. The first kappa shape index (κ1) is 31.1. The van der Waals surface area contributed by atoms with E-state index >= 15 is 0 Å². The number of para-hydroxylation sites is 1. The number of H-pyrrole nitrogens is 1. The van der Waals surface area contributed by atoms with Crippen LogP contribution in [0.4, 0.5) is 11.4 Å². The first-order valence-electron chi connectivity index (χ1n) is 14.4. The van der Waals surface area contributed by atoms with Crippen molar-refractivity contribution in [1.29, 1.82) is 0 Å². The molecule has 0 saturated carbocycles. The molecule has 0 radical (unpaired) electrons. The molecule has 0 aliphatic carbocycles. The summed E-state index contributed by atoms with van der Waals surface area (Å²) < 4.78 is 28.5. The average Bonchev–Trinajstić information content (AvgIpc) is 3.46. The van der Waals surface area contributed by atoms with E-state index in [0.717, 1.165) is 54.7 Å². The van der Waals surface area contributed by atoms with E-state index in [9.17, 15) is 18.3 Å². The maximum Gasteiger partial charge on any atom is 0.321 e. The third kappa shape index (κ3) is 7.53. The molecule has 8 nitrogen and oxygen atoms in total. The summed E-state index contributed by atoms with van der Waals surface area (Å²) in [6.07, 6.45) is 11.1. The van der Waals surface area contributed by atoms with Crippen LogP contribution in [0.3, 0.4) is 0 Å². The number of imidazole rings is 1. The fourth-order valence-electron chi connectivity index (χ4n) is 5.79. The van der Waals surface area contributed by atoms with Gasteiger partial charge in [-0.25, -0.2) is 13.4 Å². The van der Waals surface area contributed by atoms with Crippen molar-refractivity contribution < 1.29 is 18.3 Å². The van der Waals surface area contributed by atoms with Gasteiger partial charge in [0.25, 0.3) is 0 Å². The molecule has 222 valence electrons. The fraction of sp³-hybridized carbons (Fsp3) is 0.484. The second-order valence-corrected chi connectivity index (χ2v) is 13.9. The highest BCUT2D eigenvalue weighted by Crippen LogP contribution is 2.46. The molecule has 3 N–H and O–H groups in total. The number of nitrogens with zero attached hydrogens (tertiary/aromatic N) is 2. The van der Waals surface area contributed by atoms with Gasteiger partial charge in [0.2, 0.25) is 0 Å². The van der Waals surface area contributed by atoms with Crippen molar-refractivity contribution in [2.24, 2.45) is 5.41 Å². The fourth-order valence-corrected chi connectivity index (χ4v) is 8.57. The second-order valence-electron chi connectivity index (χ2n) is 11.1. The van der Waals surface area contributed by atoms with Crippen molar-refractivity contribution in [2.45, 2.75) is 81.2 Å². The van der Waals surface area contributed by atoms with Crippen LogP contribution in [0.25, 0.3) is 0 Å². The van der Waals surface area contributed by atoms with Crippen LogP contribution in [-0.4, -0.2) is 54.1 Å². The topological polar surface area (TPSA) is 115 Å². The molecule has 0 fully saturated rings. The van der Waals surface area contributed by atoms with Gasteiger partial charge >= 0.3 is 5.97 Å². The summed E-state index contributed by atoms with van der Waals surface area (Å²) in [6.45, 7) is 5.18. The van der Waals surface area contributed by atoms with Crippen LogP contribution in [0.15, 0.2) is 64.8 Å². The Labute approximate surface area is 248 Å². The Morgan fingerprint density at radius 1 is 1.17 bits per heavy atom. The average molecular weight is 599 g/mol. The zero-order valence-corrected chi connectivity index (χ0v) is 25.9. The molecule has 0 amide bonds. The summed E-state index contributed by atoms with van der Waals surface area (Å²) in [5.41, 5.74) is 2.81. The van der Waals surface area contributed by atoms with E-state index in [4.69, 9.17) is 0 Å². The van der Waals surface area contributed by atoms with Gasteiger partial charge in [0.05, 0.1) is 22.7 Å². The highest BCUT2D eigenvalue weighted by atomic mass is 32.2. The number of carbonyl (C=O) groups is 1. The molecule has 1 aliphatic rings. The lowest BCUT2D eigenvalue weighted by molar-refractivity contribution is -0.139. The third-order valence-electron chi connectivity index (χ3n) is 7.98. The van der Waals surface area contributed by atoms with Crippen molar-refractivity contribution in [1.82, 2.24) is 15.3 Å². The number of aromatic nitrogens is 2. The lowest BCUT2D eigenvalue weighted by Gasteiger charge is -2.37. The molecule has 10 heteroatoms. The van der Waals surface area contributed by atoms with E-state index in [1.54, 1.807) is 24.0 Å². The molecule has 1 atom stereocenters. The Hall–Kier alpha value is -2.82. The summed E-state index contributed by atoms with van der Waals surface area (Å²) in [6, 6.07) is 13.0. The molecule has 3 aromatic rings. The molecule has 0 bridgehead atoms. The van der Waals surface area contributed by atoms with Crippen molar-refractivity contribution in [3.8, 4) is 0 Å². The Kier molecular flexibility index (Phi) is 10.5. The van der Waals surface area contributed by atoms with Gasteiger partial charge in [-0.2, -0.15) is 0 Å². The van der Waals surface area contributed by atoms with Crippen LogP contribution in [0, 0.1) is 5.41 Å². The van der Waals surface area contributed by atoms with Crippen LogP contribution in [0.2, 0.25) is 0 Å². The zero-order chi connectivity index (χ0) is 29.5. The van der Waals surface area contributed by atoms with Crippen LogP contribution < -0.4 is 10.2 Å². The molecule has 2 heterocycles. The summed E-state index contributed by atoms with van der Waals surface area (Å²) in [7, 11) is -3.64. The summed E-state index contributed by atoms with van der Waals surface area (Å²) >= 11 is 1.54. The zero-order valence-electron chi connectivity index (χ0n) is 24.2. The van der Waals surface area contributed by atoms with Gasteiger partial charge in [0.1, 0.15) is 6.04 Å². The Morgan fingerprint density at radius 3 is 2.46 bits per heavy atom. The van der Waals surface area contributed by atoms with Gasteiger partial charge in [-0.1, -0.05) is 57.7 Å². The SMILES string of the molecule is CCCCC1(CCCC)CN(c2ccccc2)c2cc(SC)c(CNC(Cc3cnc[nH]3)C(=O)O)cc2S(=O)(=O)C1. The van der Waals surface area contributed by atoms with Gasteiger partial charge < -0.3 is 15.0 Å². The minimum Gasteiger partial charge on any atom is -0.480 e. The van der Waals surface area contributed by atoms with E-state index in [0.29, 0.717) is 22.8 Å². The second kappa shape index (κ2) is 13.9. The Bertz CT molecular complexity index is 1390. The number of anilines is 2.